The van der Waals surface area contributed by atoms with Gasteiger partial charge in [-0.05, 0) is 79.4 Å². The minimum Gasteiger partial charge on any atom is -0.355 e. The summed E-state index contributed by atoms with van der Waals surface area (Å²) < 4.78 is 40.7. The Labute approximate surface area is 192 Å². The predicted molar refractivity (Wildman–Crippen MR) is 125 cm³/mol. The third-order valence-corrected chi connectivity index (χ3v) is 6.90. The number of nitrogens with zero attached hydrogens (tertiary/aromatic N) is 1. The molecule has 168 valence electrons. The van der Waals surface area contributed by atoms with Crippen molar-refractivity contribution in [2.75, 3.05) is 17.4 Å². The molecule has 3 aromatic rings. The lowest BCUT2D eigenvalue weighted by Crippen LogP contribution is -2.41. The molecule has 5 nitrogen and oxygen atoms in total. The van der Waals surface area contributed by atoms with E-state index in [4.69, 9.17) is 11.6 Å². The van der Waals surface area contributed by atoms with Gasteiger partial charge in [-0.1, -0.05) is 35.9 Å². The molecule has 1 N–H and O–H groups in total. The number of sulfonamides is 1. The van der Waals surface area contributed by atoms with Gasteiger partial charge in [0.1, 0.15) is 12.4 Å². The summed E-state index contributed by atoms with van der Waals surface area (Å²) in [5.41, 5.74) is 2.24. The first kappa shape index (κ1) is 23.8. The summed E-state index contributed by atoms with van der Waals surface area (Å²) in [4.78, 5) is 12.7. The number of carbonyl (C=O) groups excluding carboxylic acids is 1. The number of anilines is 1. The fraction of sp³-hybridized carbons (Fsp3) is 0.208. The van der Waals surface area contributed by atoms with Crippen molar-refractivity contribution in [1.29, 1.82) is 0 Å². The summed E-state index contributed by atoms with van der Waals surface area (Å²) in [6.45, 7) is 1.87. The summed E-state index contributed by atoms with van der Waals surface area (Å²) in [6, 6.07) is 19.0. The van der Waals surface area contributed by atoms with Crippen molar-refractivity contribution in [3.63, 3.8) is 0 Å². The maximum Gasteiger partial charge on any atom is 0.264 e. The van der Waals surface area contributed by atoms with Crippen molar-refractivity contribution in [3.05, 3.63) is 94.8 Å². The molecule has 0 spiro atoms. The zero-order valence-electron chi connectivity index (χ0n) is 17.6. The molecular formula is C24H24ClFN2O3S. The molecule has 32 heavy (non-hydrogen) atoms. The predicted octanol–water partition coefficient (Wildman–Crippen LogP) is 4.73. The Bertz CT molecular complexity index is 1170. The maximum atomic E-state index is 13.3. The number of hydrogen-bond acceptors (Lipinski definition) is 3. The van der Waals surface area contributed by atoms with Crippen LogP contribution in [0, 0.1) is 12.7 Å². The van der Waals surface area contributed by atoms with Gasteiger partial charge in [0.25, 0.3) is 10.0 Å². The summed E-state index contributed by atoms with van der Waals surface area (Å²) in [5, 5.41) is 3.19. The first-order chi connectivity index (χ1) is 15.3. The Morgan fingerprint density at radius 2 is 1.72 bits per heavy atom. The van der Waals surface area contributed by atoms with E-state index in [0.717, 1.165) is 15.4 Å². The van der Waals surface area contributed by atoms with E-state index in [0.29, 0.717) is 30.1 Å². The van der Waals surface area contributed by atoms with Crippen LogP contribution in [0.15, 0.2) is 77.7 Å². The number of aryl methyl sites for hydroxylation is 2. The van der Waals surface area contributed by atoms with Gasteiger partial charge >= 0.3 is 0 Å². The minimum atomic E-state index is -3.98. The van der Waals surface area contributed by atoms with E-state index in [1.165, 1.54) is 36.4 Å². The lowest BCUT2D eigenvalue weighted by Gasteiger charge is -2.24. The highest BCUT2D eigenvalue weighted by atomic mass is 35.5. The van der Waals surface area contributed by atoms with Crippen molar-refractivity contribution in [2.24, 2.45) is 0 Å². The smallest absolute Gasteiger partial charge is 0.264 e. The zero-order chi connectivity index (χ0) is 23.1. The molecule has 0 aliphatic carbocycles. The Morgan fingerprint density at radius 3 is 2.38 bits per heavy atom. The van der Waals surface area contributed by atoms with Crippen LogP contribution in [-0.4, -0.2) is 27.4 Å². The average Bonchev–Trinajstić information content (AvgIpc) is 2.76. The highest BCUT2D eigenvalue weighted by Crippen LogP contribution is 2.25. The first-order valence-electron chi connectivity index (χ1n) is 10.1. The van der Waals surface area contributed by atoms with Gasteiger partial charge in [-0.25, -0.2) is 12.8 Å². The lowest BCUT2D eigenvalue weighted by molar-refractivity contribution is -0.119. The van der Waals surface area contributed by atoms with Crippen LogP contribution in [0.2, 0.25) is 5.02 Å². The molecule has 0 saturated carbocycles. The van der Waals surface area contributed by atoms with Crippen molar-refractivity contribution < 1.29 is 17.6 Å². The molecular weight excluding hydrogens is 451 g/mol. The van der Waals surface area contributed by atoms with Gasteiger partial charge in [0.15, 0.2) is 0 Å². The van der Waals surface area contributed by atoms with Crippen LogP contribution < -0.4 is 9.62 Å². The molecule has 0 atom stereocenters. The van der Waals surface area contributed by atoms with Gasteiger partial charge in [0.05, 0.1) is 10.6 Å². The van der Waals surface area contributed by atoms with Crippen molar-refractivity contribution in [3.8, 4) is 0 Å². The van der Waals surface area contributed by atoms with Gasteiger partial charge < -0.3 is 5.32 Å². The van der Waals surface area contributed by atoms with Gasteiger partial charge in [-0.15, -0.1) is 0 Å². The molecule has 0 fully saturated rings. The monoisotopic (exact) mass is 474 g/mol. The van der Waals surface area contributed by atoms with E-state index < -0.39 is 15.9 Å². The van der Waals surface area contributed by atoms with E-state index in [1.54, 1.807) is 30.3 Å². The van der Waals surface area contributed by atoms with Crippen LogP contribution in [0.25, 0.3) is 0 Å². The molecule has 0 bridgehead atoms. The topological polar surface area (TPSA) is 66.5 Å². The quantitative estimate of drug-likeness (QED) is 0.456. The van der Waals surface area contributed by atoms with Crippen molar-refractivity contribution >= 4 is 33.2 Å². The van der Waals surface area contributed by atoms with Crippen LogP contribution in [0.5, 0.6) is 0 Å². The number of halogens is 2. The van der Waals surface area contributed by atoms with Crippen LogP contribution in [0.4, 0.5) is 10.1 Å². The van der Waals surface area contributed by atoms with Gasteiger partial charge in [0.2, 0.25) is 5.91 Å². The fourth-order valence-corrected chi connectivity index (χ4v) is 4.73. The molecule has 0 aliphatic rings. The molecule has 0 unspecified atom stereocenters. The third kappa shape index (κ3) is 6.31. The number of rotatable bonds is 9. The first-order valence-corrected chi connectivity index (χ1v) is 11.9. The van der Waals surface area contributed by atoms with Crippen LogP contribution in [0.1, 0.15) is 17.5 Å². The second-order valence-electron chi connectivity index (χ2n) is 7.38. The molecule has 8 heteroatoms. The standard InChI is InChI=1S/C24H24ClFN2O3S/c1-18-4-2-6-22(16-18)28(32(30,31)23-13-9-20(25)10-14-23)17-24(29)27-15-3-5-19-7-11-21(26)12-8-19/h2,4,6-14,16H,3,5,15,17H2,1H3,(H,27,29). The van der Waals surface area contributed by atoms with E-state index in [2.05, 4.69) is 5.32 Å². The number of hydrogen-bond donors (Lipinski definition) is 1. The summed E-state index contributed by atoms with van der Waals surface area (Å²) in [6.07, 6.45) is 1.32. The highest BCUT2D eigenvalue weighted by molar-refractivity contribution is 7.92. The molecule has 0 aromatic heterocycles. The molecule has 3 aromatic carbocycles. The normalized spacial score (nSPS) is 11.2. The zero-order valence-corrected chi connectivity index (χ0v) is 19.2. The van der Waals surface area contributed by atoms with Crippen molar-refractivity contribution in [1.82, 2.24) is 5.32 Å². The SMILES string of the molecule is Cc1cccc(N(CC(=O)NCCCc2ccc(F)cc2)S(=O)(=O)c2ccc(Cl)cc2)c1. The maximum absolute atomic E-state index is 13.3. The third-order valence-electron chi connectivity index (χ3n) is 4.86. The van der Waals surface area contributed by atoms with E-state index >= 15 is 0 Å². The van der Waals surface area contributed by atoms with Crippen LogP contribution in [0.3, 0.4) is 0 Å². The summed E-state index contributed by atoms with van der Waals surface area (Å²) >= 11 is 5.90. The Balaban J connectivity index is 1.70. The second kappa shape index (κ2) is 10.6. The minimum absolute atomic E-state index is 0.0486. The van der Waals surface area contributed by atoms with E-state index in [1.807, 2.05) is 13.0 Å². The van der Waals surface area contributed by atoms with Gasteiger partial charge in [-0.3, -0.25) is 9.10 Å². The van der Waals surface area contributed by atoms with Gasteiger partial charge in [-0.2, -0.15) is 0 Å². The summed E-state index contributed by atoms with van der Waals surface area (Å²) in [5.74, 6) is -0.705. The Hall–Kier alpha value is -2.90. The molecule has 1 amide bonds. The number of nitrogens with one attached hydrogen (secondary N) is 1. The Kier molecular flexibility index (Phi) is 7.88. The van der Waals surface area contributed by atoms with Crippen LogP contribution in [-0.2, 0) is 21.2 Å². The lowest BCUT2D eigenvalue weighted by atomic mass is 10.1. The number of carbonyl (C=O) groups is 1. The number of amides is 1. The Morgan fingerprint density at radius 1 is 1.03 bits per heavy atom. The summed E-state index contributed by atoms with van der Waals surface area (Å²) in [7, 11) is -3.98. The van der Waals surface area contributed by atoms with Crippen molar-refractivity contribution in [2.45, 2.75) is 24.7 Å². The van der Waals surface area contributed by atoms with Gasteiger partial charge in [0, 0.05) is 11.6 Å². The van der Waals surface area contributed by atoms with E-state index in [9.17, 15) is 17.6 Å². The highest BCUT2D eigenvalue weighted by Gasteiger charge is 2.27. The molecule has 0 heterocycles. The van der Waals surface area contributed by atoms with Crippen LogP contribution >= 0.6 is 11.6 Å². The molecule has 0 saturated heterocycles. The average molecular weight is 475 g/mol. The molecule has 3 rings (SSSR count). The molecule has 0 aliphatic heterocycles. The molecule has 0 radical (unpaired) electrons. The second-order valence-corrected chi connectivity index (χ2v) is 9.68. The number of benzene rings is 3. The van der Waals surface area contributed by atoms with E-state index in [-0.39, 0.29) is 17.3 Å². The fourth-order valence-electron chi connectivity index (χ4n) is 3.19. The largest absolute Gasteiger partial charge is 0.355 e.